The van der Waals surface area contributed by atoms with Crippen LogP contribution in [-0.2, 0) is 11.0 Å². The molecule has 0 radical (unpaired) electrons. The van der Waals surface area contributed by atoms with Crippen molar-refractivity contribution in [2.75, 3.05) is 44.7 Å². The van der Waals surface area contributed by atoms with Crippen molar-refractivity contribution < 1.29 is 22.4 Å². The molecule has 3 rings (SSSR count). The lowest BCUT2D eigenvalue weighted by molar-refractivity contribution is -0.137. The van der Waals surface area contributed by atoms with Crippen LogP contribution < -0.4 is 4.90 Å². The van der Waals surface area contributed by atoms with Gasteiger partial charge in [-0.25, -0.2) is 4.39 Å². The highest BCUT2D eigenvalue weighted by molar-refractivity contribution is 5.78. The van der Waals surface area contributed by atoms with E-state index in [1.807, 2.05) is 16.7 Å². The monoisotopic (exact) mass is 423 g/mol. The molecule has 4 nitrogen and oxygen atoms in total. The van der Waals surface area contributed by atoms with Crippen molar-refractivity contribution in [1.82, 2.24) is 9.80 Å². The first-order chi connectivity index (χ1) is 14.1. The first kappa shape index (κ1) is 22.1. The van der Waals surface area contributed by atoms with Gasteiger partial charge in [0.25, 0.3) is 0 Å². The van der Waals surface area contributed by atoms with E-state index in [9.17, 15) is 22.4 Å². The maximum atomic E-state index is 13.1. The Morgan fingerprint density at radius 1 is 1.07 bits per heavy atom. The van der Waals surface area contributed by atoms with E-state index in [1.165, 1.54) is 24.3 Å². The van der Waals surface area contributed by atoms with Crippen molar-refractivity contribution in [2.45, 2.75) is 19.1 Å². The van der Waals surface area contributed by atoms with Crippen LogP contribution in [0.15, 0.2) is 48.5 Å². The molecule has 30 heavy (non-hydrogen) atoms. The smallest absolute Gasteiger partial charge is 0.369 e. The van der Waals surface area contributed by atoms with Gasteiger partial charge in [-0.15, -0.1) is 0 Å². The third-order valence-electron chi connectivity index (χ3n) is 5.60. The second-order valence-corrected chi connectivity index (χ2v) is 7.54. The summed E-state index contributed by atoms with van der Waals surface area (Å²) in [5, 5.41) is 0. The topological polar surface area (TPSA) is 26.8 Å². The lowest BCUT2D eigenvalue weighted by atomic mass is 10.1. The van der Waals surface area contributed by atoms with Gasteiger partial charge in [0.15, 0.2) is 0 Å². The molecule has 0 bridgehead atoms. The summed E-state index contributed by atoms with van der Waals surface area (Å²) in [4.78, 5) is 18.2. The number of nitrogens with zero attached hydrogens (tertiary/aromatic N) is 3. The van der Waals surface area contributed by atoms with Gasteiger partial charge < -0.3 is 9.80 Å². The molecule has 2 aromatic carbocycles. The quantitative estimate of drug-likeness (QED) is 0.675. The Hall–Kier alpha value is -2.61. The van der Waals surface area contributed by atoms with Gasteiger partial charge in [-0.3, -0.25) is 9.69 Å². The van der Waals surface area contributed by atoms with Crippen molar-refractivity contribution in [3.05, 3.63) is 65.5 Å². The fourth-order valence-electron chi connectivity index (χ4n) is 3.53. The van der Waals surface area contributed by atoms with Gasteiger partial charge in [0.05, 0.1) is 18.2 Å². The van der Waals surface area contributed by atoms with Crippen LogP contribution in [0.4, 0.5) is 23.2 Å². The highest BCUT2D eigenvalue weighted by Gasteiger charge is 2.31. The van der Waals surface area contributed by atoms with Gasteiger partial charge in [-0.05, 0) is 42.8 Å². The number of rotatable bonds is 5. The second kappa shape index (κ2) is 9.04. The number of hydrogen-bond acceptors (Lipinski definition) is 3. The highest BCUT2D eigenvalue weighted by atomic mass is 19.4. The third kappa shape index (κ3) is 5.30. The number of likely N-dealkylation sites (N-methyl/N-ethyl adjacent to an activating group) is 1. The van der Waals surface area contributed by atoms with Crippen LogP contribution in [0.1, 0.15) is 24.1 Å². The van der Waals surface area contributed by atoms with Crippen LogP contribution >= 0.6 is 0 Å². The average molecular weight is 423 g/mol. The van der Waals surface area contributed by atoms with E-state index in [0.717, 1.165) is 11.6 Å². The zero-order chi connectivity index (χ0) is 21.9. The lowest BCUT2D eigenvalue weighted by Crippen LogP contribution is -2.50. The van der Waals surface area contributed by atoms with Crippen LogP contribution in [0.2, 0.25) is 0 Å². The fraction of sp³-hybridized carbons (Fsp3) is 0.409. The molecule has 2 aromatic rings. The summed E-state index contributed by atoms with van der Waals surface area (Å²) in [6.45, 7) is 4.38. The molecule has 8 heteroatoms. The van der Waals surface area contributed by atoms with Crippen molar-refractivity contribution in [3.8, 4) is 0 Å². The number of benzene rings is 2. The predicted molar refractivity (Wildman–Crippen MR) is 108 cm³/mol. The fourth-order valence-corrected chi connectivity index (χ4v) is 3.53. The maximum Gasteiger partial charge on any atom is 0.416 e. The average Bonchev–Trinajstić information content (AvgIpc) is 2.73. The minimum atomic E-state index is -4.37. The number of hydrogen-bond donors (Lipinski definition) is 0. The molecule has 1 aliphatic rings. The Kier molecular flexibility index (Phi) is 6.65. The Bertz CT molecular complexity index is 861. The van der Waals surface area contributed by atoms with Crippen LogP contribution in [0, 0.1) is 5.82 Å². The van der Waals surface area contributed by atoms with Crippen LogP contribution in [-0.4, -0.2) is 55.5 Å². The van der Waals surface area contributed by atoms with Gasteiger partial charge in [-0.2, -0.15) is 13.2 Å². The van der Waals surface area contributed by atoms with Crippen molar-refractivity contribution >= 4 is 11.6 Å². The number of carbonyl (C=O) groups excluding carboxylic acids is 1. The summed E-state index contributed by atoms with van der Waals surface area (Å²) in [6.07, 6.45) is -4.37. The molecule has 1 heterocycles. The third-order valence-corrected chi connectivity index (χ3v) is 5.60. The summed E-state index contributed by atoms with van der Waals surface area (Å²) < 4.78 is 51.9. The first-order valence-electron chi connectivity index (χ1n) is 9.81. The molecule has 1 amide bonds. The van der Waals surface area contributed by atoms with Gasteiger partial charge in [0.1, 0.15) is 5.82 Å². The summed E-state index contributed by atoms with van der Waals surface area (Å²) >= 11 is 0. The largest absolute Gasteiger partial charge is 0.416 e. The van der Waals surface area contributed by atoms with Gasteiger partial charge >= 0.3 is 6.18 Å². The van der Waals surface area contributed by atoms with E-state index in [4.69, 9.17) is 0 Å². The van der Waals surface area contributed by atoms with E-state index < -0.39 is 11.7 Å². The van der Waals surface area contributed by atoms with Gasteiger partial charge in [0, 0.05) is 38.9 Å². The van der Waals surface area contributed by atoms with E-state index in [-0.39, 0.29) is 24.3 Å². The summed E-state index contributed by atoms with van der Waals surface area (Å²) in [7, 11) is 1.72. The molecule has 1 unspecified atom stereocenters. The molecule has 0 aliphatic carbocycles. The van der Waals surface area contributed by atoms with Crippen molar-refractivity contribution in [2.24, 2.45) is 0 Å². The minimum absolute atomic E-state index is 0.0562. The van der Waals surface area contributed by atoms with Gasteiger partial charge in [-0.1, -0.05) is 18.2 Å². The number of halogens is 4. The zero-order valence-corrected chi connectivity index (χ0v) is 17.0. The van der Waals surface area contributed by atoms with E-state index in [2.05, 4.69) is 0 Å². The Balaban J connectivity index is 1.54. The highest BCUT2D eigenvalue weighted by Crippen LogP contribution is 2.32. The lowest BCUT2D eigenvalue weighted by Gasteiger charge is -2.37. The number of piperazine rings is 1. The van der Waals surface area contributed by atoms with Crippen LogP contribution in [0.5, 0.6) is 0 Å². The molecule has 0 saturated carbocycles. The van der Waals surface area contributed by atoms with Crippen molar-refractivity contribution in [1.29, 1.82) is 0 Å². The Labute approximate surface area is 173 Å². The SMILES string of the molecule is CC(c1ccc(F)cc1)N(C)C(=O)CN1CCN(c2cccc(C(F)(F)F)c2)CC1. The van der Waals surface area contributed by atoms with E-state index >= 15 is 0 Å². The molecule has 1 aliphatic heterocycles. The van der Waals surface area contributed by atoms with Crippen LogP contribution in [0.25, 0.3) is 0 Å². The first-order valence-corrected chi connectivity index (χ1v) is 9.81. The maximum absolute atomic E-state index is 13.1. The van der Waals surface area contributed by atoms with Crippen LogP contribution in [0.3, 0.4) is 0 Å². The number of alkyl halides is 3. The van der Waals surface area contributed by atoms with E-state index in [1.54, 1.807) is 30.1 Å². The van der Waals surface area contributed by atoms with Gasteiger partial charge in [0.2, 0.25) is 5.91 Å². The standard InChI is InChI=1S/C22H25F4N3O/c1-16(17-6-8-19(23)9-7-17)27(2)21(30)15-28-10-12-29(13-11-28)20-5-3-4-18(14-20)22(24,25)26/h3-9,14,16H,10-13,15H2,1-2H3. The summed E-state index contributed by atoms with van der Waals surface area (Å²) in [5.41, 5.74) is 0.730. The Morgan fingerprint density at radius 3 is 2.30 bits per heavy atom. The zero-order valence-electron chi connectivity index (χ0n) is 17.0. The molecule has 162 valence electrons. The molecule has 0 spiro atoms. The molecule has 1 fully saturated rings. The van der Waals surface area contributed by atoms with E-state index in [0.29, 0.717) is 31.9 Å². The molecular formula is C22H25F4N3O. The molecule has 0 aromatic heterocycles. The summed E-state index contributed by atoms with van der Waals surface area (Å²) in [5.74, 6) is -0.377. The molecule has 1 atom stereocenters. The molecule has 0 N–H and O–H groups in total. The number of carbonyl (C=O) groups is 1. The number of anilines is 1. The minimum Gasteiger partial charge on any atom is -0.369 e. The molecule has 1 saturated heterocycles. The summed E-state index contributed by atoms with van der Waals surface area (Å²) in [6, 6.07) is 11.2. The molecular weight excluding hydrogens is 398 g/mol. The Morgan fingerprint density at radius 2 is 1.70 bits per heavy atom. The second-order valence-electron chi connectivity index (χ2n) is 7.54. The normalized spacial score (nSPS) is 16.4. The predicted octanol–water partition coefficient (Wildman–Crippen LogP) is 4.19. The van der Waals surface area contributed by atoms with Crippen molar-refractivity contribution in [3.63, 3.8) is 0 Å². The number of amides is 1.